The Hall–Kier alpha value is -2.82. The molecule has 3 aromatic rings. The van der Waals surface area contributed by atoms with Crippen LogP contribution >= 0.6 is 0 Å². The van der Waals surface area contributed by atoms with Crippen molar-refractivity contribution in [3.8, 4) is 28.0 Å². The quantitative estimate of drug-likeness (QED) is 0.418. The van der Waals surface area contributed by atoms with E-state index in [2.05, 4.69) is 18.6 Å². The maximum Gasteiger partial charge on any atom is 0.573 e. The topological polar surface area (TPSA) is 9.23 Å². The minimum atomic E-state index is -4.75. The third-order valence-electron chi connectivity index (χ3n) is 4.30. The molecule has 0 fully saturated rings. The van der Waals surface area contributed by atoms with Crippen molar-refractivity contribution >= 4 is 0 Å². The Labute approximate surface area is 161 Å². The maximum absolute atomic E-state index is 14.6. The zero-order valence-electron chi connectivity index (χ0n) is 15.6. The zero-order valence-corrected chi connectivity index (χ0v) is 15.6. The lowest BCUT2D eigenvalue weighted by Crippen LogP contribution is -2.16. The van der Waals surface area contributed by atoms with Gasteiger partial charge in [-0.15, -0.1) is 13.2 Å². The highest BCUT2D eigenvalue weighted by molar-refractivity contribution is 5.71. The third kappa shape index (κ3) is 5.12. The maximum atomic E-state index is 14.6. The van der Waals surface area contributed by atoms with E-state index in [1.165, 1.54) is 35.9 Å². The first-order valence-electron chi connectivity index (χ1n) is 8.96. The minimum absolute atomic E-state index is 0.318. The summed E-state index contributed by atoms with van der Waals surface area (Å²) in [5.74, 6) is -0.210. The van der Waals surface area contributed by atoms with Crippen LogP contribution in [0.5, 0.6) is 5.75 Å². The average Bonchev–Trinajstić information content (AvgIpc) is 2.61. The Morgan fingerprint density at radius 2 is 1.36 bits per heavy atom. The third-order valence-corrected chi connectivity index (χ3v) is 4.30. The van der Waals surface area contributed by atoms with Crippen molar-refractivity contribution in [3.05, 3.63) is 78.1 Å². The Bertz CT molecular complexity index is 926. The number of hydrogen-bond acceptors (Lipinski definition) is 1. The first-order chi connectivity index (χ1) is 13.2. The molecule has 3 rings (SSSR count). The monoisotopic (exact) mass is 388 g/mol. The number of rotatable bonds is 5. The van der Waals surface area contributed by atoms with Gasteiger partial charge in [0.15, 0.2) is 0 Å². The molecule has 0 bridgehead atoms. The average molecular weight is 388 g/mol. The van der Waals surface area contributed by atoms with Crippen molar-refractivity contribution in [2.45, 2.75) is 26.6 Å². The molecule has 0 aliphatic carbocycles. The van der Waals surface area contributed by atoms with E-state index in [1.807, 2.05) is 24.3 Å². The summed E-state index contributed by atoms with van der Waals surface area (Å²) in [5, 5.41) is 0. The normalized spacial score (nSPS) is 11.7. The van der Waals surface area contributed by atoms with Gasteiger partial charge in [-0.3, -0.25) is 0 Å². The molecular weight excluding hydrogens is 368 g/mol. The van der Waals surface area contributed by atoms with Gasteiger partial charge in [0.25, 0.3) is 0 Å². The first-order valence-corrected chi connectivity index (χ1v) is 8.96. The molecule has 28 heavy (non-hydrogen) atoms. The summed E-state index contributed by atoms with van der Waals surface area (Å²) in [7, 11) is 0. The van der Waals surface area contributed by atoms with Gasteiger partial charge >= 0.3 is 6.36 Å². The van der Waals surface area contributed by atoms with Gasteiger partial charge in [-0.05, 0) is 52.8 Å². The second kappa shape index (κ2) is 8.05. The number of halogens is 4. The Morgan fingerprint density at radius 3 is 1.89 bits per heavy atom. The van der Waals surface area contributed by atoms with E-state index in [-0.39, 0.29) is 5.75 Å². The van der Waals surface area contributed by atoms with Gasteiger partial charge in [0.1, 0.15) is 11.6 Å². The van der Waals surface area contributed by atoms with E-state index >= 15 is 0 Å². The van der Waals surface area contributed by atoms with Gasteiger partial charge in [-0.2, -0.15) is 0 Å². The Balaban J connectivity index is 1.80. The van der Waals surface area contributed by atoms with Crippen LogP contribution in [0, 0.1) is 11.7 Å². The van der Waals surface area contributed by atoms with Gasteiger partial charge in [0.2, 0.25) is 0 Å². The SMILES string of the molecule is CC(C)Cc1ccc(-c2ccc(-c3ccc(OC(F)(F)F)cc3)c(F)c2)cc1. The lowest BCUT2D eigenvalue weighted by atomic mass is 9.97. The summed E-state index contributed by atoms with van der Waals surface area (Å²) in [4.78, 5) is 0. The fourth-order valence-electron chi connectivity index (χ4n) is 3.07. The van der Waals surface area contributed by atoms with Crippen LogP contribution in [0.4, 0.5) is 17.6 Å². The Morgan fingerprint density at radius 1 is 0.786 bits per heavy atom. The molecule has 0 aromatic heterocycles. The fraction of sp³-hybridized carbons (Fsp3) is 0.217. The molecule has 0 amide bonds. The number of ether oxygens (including phenoxy) is 1. The molecule has 0 saturated carbocycles. The van der Waals surface area contributed by atoms with Crippen molar-refractivity contribution in [2.75, 3.05) is 0 Å². The second-order valence-electron chi connectivity index (χ2n) is 7.06. The van der Waals surface area contributed by atoms with E-state index in [1.54, 1.807) is 12.1 Å². The fourth-order valence-corrected chi connectivity index (χ4v) is 3.07. The van der Waals surface area contributed by atoms with Crippen LogP contribution in [0.3, 0.4) is 0 Å². The zero-order chi connectivity index (χ0) is 20.3. The molecule has 0 spiro atoms. The van der Waals surface area contributed by atoms with Crippen molar-refractivity contribution in [1.29, 1.82) is 0 Å². The molecule has 5 heteroatoms. The molecule has 0 aliphatic heterocycles. The summed E-state index contributed by atoms with van der Waals surface area (Å²) >= 11 is 0. The smallest absolute Gasteiger partial charge is 0.406 e. The molecular formula is C23H20F4O. The summed E-state index contributed by atoms with van der Waals surface area (Å²) < 4.78 is 55.2. The van der Waals surface area contributed by atoms with Gasteiger partial charge in [0, 0.05) is 5.56 Å². The van der Waals surface area contributed by atoms with Gasteiger partial charge in [-0.1, -0.05) is 62.4 Å². The highest BCUT2D eigenvalue weighted by Crippen LogP contribution is 2.30. The van der Waals surface area contributed by atoms with Crippen molar-refractivity contribution in [2.24, 2.45) is 5.92 Å². The molecule has 0 atom stereocenters. The van der Waals surface area contributed by atoms with Crippen LogP contribution in [-0.2, 0) is 6.42 Å². The summed E-state index contributed by atoms with van der Waals surface area (Å²) in [6.07, 6.45) is -3.76. The highest BCUT2D eigenvalue weighted by atomic mass is 19.4. The van der Waals surface area contributed by atoms with Crippen molar-refractivity contribution < 1.29 is 22.3 Å². The van der Waals surface area contributed by atoms with Crippen LogP contribution in [0.2, 0.25) is 0 Å². The molecule has 0 unspecified atom stereocenters. The summed E-state index contributed by atoms with van der Waals surface area (Å²) in [5.41, 5.74) is 3.68. The van der Waals surface area contributed by atoms with Crippen LogP contribution in [0.25, 0.3) is 22.3 Å². The molecule has 1 nitrogen and oxygen atoms in total. The van der Waals surface area contributed by atoms with Crippen LogP contribution in [0.15, 0.2) is 66.7 Å². The minimum Gasteiger partial charge on any atom is -0.406 e. The predicted molar refractivity (Wildman–Crippen MR) is 102 cm³/mol. The molecule has 146 valence electrons. The molecule has 0 N–H and O–H groups in total. The van der Waals surface area contributed by atoms with Crippen LogP contribution in [0.1, 0.15) is 19.4 Å². The predicted octanol–water partition coefficient (Wildman–Crippen LogP) is 7.26. The second-order valence-corrected chi connectivity index (χ2v) is 7.06. The van der Waals surface area contributed by atoms with Crippen molar-refractivity contribution in [3.63, 3.8) is 0 Å². The molecule has 0 aliphatic rings. The molecule has 3 aromatic carbocycles. The number of benzene rings is 3. The molecule has 0 saturated heterocycles. The molecule has 0 heterocycles. The van der Waals surface area contributed by atoms with E-state index < -0.39 is 12.2 Å². The molecule has 0 radical (unpaired) electrons. The lowest BCUT2D eigenvalue weighted by molar-refractivity contribution is -0.274. The van der Waals surface area contributed by atoms with Gasteiger partial charge in [0.05, 0.1) is 0 Å². The summed E-state index contributed by atoms with van der Waals surface area (Å²) in [6.45, 7) is 4.31. The Kier molecular flexibility index (Phi) is 5.73. The van der Waals surface area contributed by atoms with E-state index in [0.29, 0.717) is 17.0 Å². The van der Waals surface area contributed by atoms with E-state index in [4.69, 9.17) is 0 Å². The van der Waals surface area contributed by atoms with Crippen molar-refractivity contribution in [1.82, 2.24) is 0 Å². The number of alkyl halides is 3. The van der Waals surface area contributed by atoms with Crippen LogP contribution in [-0.4, -0.2) is 6.36 Å². The van der Waals surface area contributed by atoms with E-state index in [9.17, 15) is 17.6 Å². The van der Waals surface area contributed by atoms with Gasteiger partial charge < -0.3 is 4.74 Å². The first kappa shape index (κ1) is 19.9. The summed E-state index contributed by atoms with van der Waals surface area (Å²) in [6, 6.07) is 18.0. The standard InChI is InChI=1S/C23H20F4O/c1-15(2)13-16-3-5-17(6-4-16)19-9-12-21(22(24)14-19)18-7-10-20(11-8-18)28-23(25,26)27/h3-12,14-15H,13H2,1-2H3. The van der Waals surface area contributed by atoms with Gasteiger partial charge in [-0.25, -0.2) is 4.39 Å². The van der Waals surface area contributed by atoms with E-state index in [0.717, 1.165) is 17.5 Å². The highest BCUT2D eigenvalue weighted by Gasteiger charge is 2.31. The van der Waals surface area contributed by atoms with Crippen LogP contribution < -0.4 is 4.74 Å². The number of hydrogen-bond donors (Lipinski definition) is 0. The lowest BCUT2D eigenvalue weighted by Gasteiger charge is -2.11. The largest absolute Gasteiger partial charge is 0.573 e.